The van der Waals surface area contributed by atoms with Gasteiger partial charge in [-0.15, -0.1) is 10.2 Å². The summed E-state index contributed by atoms with van der Waals surface area (Å²) in [6.45, 7) is 7.01. The van der Waals surface area contributed by atoms with Crippen LogP contribution in [0.2, 0.25) is 0 Å². The van der Waals surface area contributed by atoms with Crippen molar-refractivity contribution >= 4 is 17.5 Å². The molecule has 0 spiro atoms. The Hall–Kier alpha value is -2.11. The summed E-state index contributed by atoms with van der Waals surface area (Å²) in [7, 11) is 0. The van der Waals surface area contributed by atoms with Crippen molar-refractivity contribution in [3.8, 4) is 0 Å². The maximum absolute atomic E-state index is 12.5. The summed E-state index contributed by atoms with van der Waals surface area (Å²) in [4.78, 5) is 17.2. The van der Waals surface area contributed by atoms with E-state index < -0.39 is 0 Å². The lowest BCUT2D eigenvalue weighted by Gasteiger charge is -2.33. The second-order valence-corrected chi connectivity index (χ2v) is 9.33. The van der Waals surface area contributed by atoms with Crippen molar-refractivity contribution in [2.45, 2.75) is 64.7 Å². The number of nitrogens with zero attached hydrogens (tertiary/aromatic N) is 4. The second kappa shape index (κ2) is 10.3. The summed E-state index contributed by atoms with van der Waals surface area (Å²) in [5, 5.41) is 12.2. The lowest BCUT2D eigenvalue weighted by atomic mass is 9.95. The molecule has 0 aromatic carbocycles. The van der Waals surface area contributed by atoms with Crippen molar-refractivity contribution in [2.75, 3.05) is 42.5 Å². The normalized spacial score (nSPS) is 21.4. The Labute approximate surface area is 181 Å². The van der Waals surface area contributed by atoms with Gasteiger partial charge in [-0.25, -0.2) is 0 Å². The van der Waals surface area contributed by atoms with E-state index in [2.05, 4.69) is 50.4 Å². The van der Waals surface area contributed by atoms with Gasteiger partial charge in [-0.05, 0) is 75.8 Å². The molecule has 0 saturated carbocycles. The first-order valence-corrected chi connectivity index (χ1v) is 12.0. The lowest BCUT2D eigenvalue weighted by Crippen LogP contribution is -2.41. The molecule has 1 N–H and O–H groups in total. The minimum atomic E-state index is 0.129. The van der Waals surface area contributed by atoms with Crippen LogP contribution >= 0.6 is 0 Å². The molecule has 3 heterocycles. The fourth-order valence-corrected chi connectivity index (χ4v) is 4.89. The molecule has 1 aliphatic carbocycles. The highest BCUT2D eigenvalue weighted by Crippen LogP contribution is 2.25. The molecule has 2 aliphatic heterocycles. The van der Waals surface area contributed by atoms with Crippen LogP contribution in [0.25, 0.3) is 0 Å². The van der Waals surface area contributed by atoms with Gasteiger partial charge in [0.15, 0.2) is 11.6 Å². The summed E-state index contributed by atoms with van der Waals surface area (Å²) in [5.41, 5.74) is 1.53. The number of nitrogens with one attached hydrogen (secondary N) is 1. The molecule has 2 saturated heterocycles. The maximum Gasteiger partial charge on any atom is 0.223 e. The molecule has 6 nitrogen and oxygen atoms in total. The SMILES string of the molecule is CC1CCN(c2ccc(N3CCC(C(=O)NCCC4=CCCCC4)CC3)nn2)CC1. The summed E-state index contributed by atoms with van der Waals surface area (Å²) in [6, 6.07) is 4.20. The van der Waals surface area contributed by atoms with Gasteiger partial charge in [0.1, 0.15) is 0 Å². The molecule has 2 fully saturated rings. The van der Waals surface area contributed by atoms with E-state index in [0.29, 0.717) is 0 Å². The summed E-state index contributed by atoms with van der Waals surface area (Å²) < 4.78 is 0. The van der Waals surface area contributed by atoms with Crippen molar-refractivity contribution in [3.63, 3.8) is 0 Å². The quantitative estimate of drug-likeness (QED) is 0.719. The Morgan fingerprint density at radius 1 is 1.00 bits per heavy atom. The van der Waals surface area contributed by atoms with Crippen molar-refractivity contribution in [1.82, 2.24) is 15.5 Å². The smallest absolute Gasteiger partial charge is 0.223 e. The van der Waals surface area contributed by atoms with Gasteiger partial charge >= 0.3 is 0 Å². The zero-order valence-electron chi connectivity index (χ0n) is 18.5. The second-order valence-electron chi connectivity index (χ2n) is 9.33. The Kier molecular flexibility index (Phi) is 7.24. The molecule has 4 rings (SSSR count). The van der Waals surface area contributed by atoms with E-state index >= 15 is 0 Å². The Bertz CT molecular complexity index is 716. The van der Waals surface area contributed by atoms with Crippen LogP contribution in [0.5, 0.6) is 0 Å². The standard InChI is InChI=1S/C24H37N5O/c1-19-10-15-28(16-11-19)22-7-8-23(27-26-22)29-17-12-21(13-18-29)24(30)25-14-9-20-5-3-2-4-6-20/h5,7-8,19,21H,2-4,6,9-18H2,1H3,(H,25,30). The summed E-state index contributed by atoms with van der Waals surface area (Å²) in [6.07, 6.45) is 12.7. The third-order valence-electron chi connectivity index (χ3n) is 7.06. The minimum absolute atomic E-state index is 0.129. The summed E-state index contributed by atoms with van der Waals surface area (Å²) >= 11 is 0. The third kappa shape index (κ3) is 5.52. The van der Waals surface area contributed by atoms with Crippen molar-refractivity contribution in [2.24, 2.45) is 11.8 Å². The van der Waals surface area contributed by atoms with Gasteiger partial charge in [-0.1, -0.05) is 18.6 Å². The molecule has 0 atom stereocenters. The monoisotopic (exact) mass is 411 g/mol. The van der Waals surface area contributed by atoms with E-state index in [-0.39, 0.29) is 11.8 Å². The first-order chi connectivity index (χ1) is 14.7. The van der Waals surface area contributed by atoms with Crippen LogP contribution in [0, 0.1) is 11.8 Å². The predicted molar refractivity (Wildman–Crippen MR) is 122 cm³/mol. The molecule has 1 amide bonds. The molecule has 0 radical (unpaired) electrons. The number of hydrogen-bond acceptors (Lipinski definition) is 5. The molecule has 0 unspecified atom stereocenters. The van der Waals surface area contributed by atoms with Gasteiger partial charge in [0.05, 0.1) is 0 Å². The van der Waals surface area contributed by atoms with E-state index in [0.717, 1.165) is 69.5 Å². The van der Waals surface area contributed by atoms with Gasteiger partial charge in [-0.3, -0.25) is 4.79 Å². The number of carbonyl (C=O) groups is 1. The predicted octanol–water partition coefficient (Wildman–Crippen LogP) is 3.94. The van der Waals surface area contributed by atoms with E-state index in [4.69, 9.17) is 0 Å². The van der Waals surface area contributed by atoms with Crippen molar-refractivity contribution < 1.29 is 4.79 Å². The number of piperidine rings is 2. The van der Waals surface area contributed by atoms with E-state index in [1.807, 2.05) is 0 Å². The average molecular weight is 412 g/mol. The molecule has 6 heteroatoms. The summed E-state index contributed by atoms with van der Waals surface area (Å²) in [5.74, 6) is 3.10. The van der Waals surface area contributed by atoms with Crippen LogP contribution in [0.4, 0.5) is 11.6 Å². The van der Waals surface area contributed by atoms with Gasteiger partial charge in [0.2, 0.25) is 5.91 Å². The zero-order valence-corrected chi connectivity index (χ0v) is 18.5. The number of carbonyl (C=O) groups excluding carboxylic acids is 1. The van der Waals surface area contributed by atoms with Crippen LogP contribution in [-0.2, 0) is 4.79 Å². The number of rotatable bonds is 6. The van der Waals surface area contributed by atoms with Gasteiger partial charge < -0.3 is 15.1 Å². The van der Waals surface area contributed by atoms with Crippen molar-refractivity contribution in [1.29, 1.82) is 0 Å². The third-order valence-corrected chi connectivity index (χ3v) is 7.06. The number of anilines is 2. The first-order valence-electron chi connectivity index (χ1n) is 12.0. The molecular formula is C24H37N5O. The highest BCUT2D eigenvalue weighted by molar-refractivity contribution is 5.79. The fraction of sp³-hybridized carbons (Fsp3) is 0.708. The molecule has 0 bridgehead atoms. The molecule has 1 aromatic heterocycles. The van der Waals surface area contributed by atoms with Crippen LogP contribution in [-0.4, -0.2) is 48.8 Å². The van der Waals surface area contributed by atoms with E-state index in [1.165, 1.54) is 44.1 Å². The van der Waals surface area contributed by atoms with Gasteiger partial charge in [0, 0.05) is 38.6 Å². The van der Waals surface area contributed by atoms with Crippen LogP contribution in [0.3, 0.4) is 0 Å². The Balaban J connectivity index is 1.20. The van der Waals surface area contributed by atoms with E-state index in [9.17, 15) is 4.79 Å². The molecule has 1 aromatic rings. The Morgan fingerprint density at radius 2 is 1.63 bits per heavy atom. The Morgan fingerprint density at radius 3 is 2.20 bits per heavy atom. The number of hydrogen-bond donors (Lipinski definition) is 1. The topological polar surface area (TPSA) is 61.4 Å². The van der Waals surface area contributed by atoms with Gasteiger partial charge in [-0.2, -0.15) is 0 Å². The first kappa shape index (κ1) is 21.1. The number of allylic oxidation sites excluding steroid dienone is 1. The fourth-order valence-electron chi connectivity index (χ4n) is 4.89. The van der Waals surface area contributed by atoms with E-state index in [1.54, 1.807) is 0 Å². The highest BCUT2D eigenvalue weighted by atomic mass is 16.1. The van der Waals surface area contributed by atoms with Crippen LogP contribution in [0.15, 0.2) is 23.8 Å². The number of amides is 1. The van der Waals surface area contributed by atoms with Crippen LogP contribution in [0.1, 0.15) is 64.7 Å². The molecule has 30 heavy (non-hydrogen) atoms. The minimum Gasteiger partial charge on any atom is -0.356 e. The van der Waals surface area contributed by atoms with Crippen molar-refractivity contribution in [3.05, 3.63) is 23.8 Å². The lowest BCUT2D eigenvalue weighted by molar-refractivity contribution is -0.125. The largest absolute Gasteiger partial charge is 0.356 e. The van der Waals surface area contributed by atoms with Crippen LogP contribution < -0.4 is 15.1 Å². The maximum atomic E-state index is 12.5. The highest BCUT2D eigenvalue weighted by Gasteiger charge is 2.26. The zero-order chi connectivity index (χ0) is 20.8. The number of aromatic nitrogens is 2. The molecule has 3 aliphatic rings. The molecule has 164 valence electrons. The molecular weight excluding hydrogens is 374 g/mol. The van der Waals surface area contributed by atoms with Gasteiger partial charge in [0.25, 0.3) is 0 Å². The average Bonchev–Trinajstić information content (AvgIpc) is 2.80.